The number of carbonyl (C=O) groups is 2. The topological polar surface area (TPSA) is 64.7 Å². The Hall–Kier alpha value is -2.24. The number of anilines is 1. The first-order valence-electron chi connectivity index (χ1n) is 9.80. The molecule has 0 unspecified atom stereocenters. The molecule has 26 heavy (non-hydrogen) atoms. The minimum atomic E-state index is -0.154. The van der Waals surface area contributed by atoms with Gasteiger partial charge in [-0.25, -0.2) is 4.79 Å². The zero-order chi connectivity index (χ0) is 18.4. The minimum Gasteiger partial charge on any atom is -0.372 e. The number of hydrogen-bond donors (Lipinski definition) is 2. The number of likely N-dealkylation sites (tertiary alicyclic amines) is 1. The quantitative estimate of drug-likeness (QED) is 0.873. The molecule has 6 nitrogen and oxygen atoms in total. The molecule has 3 amide bonds. The Morgan fingerprint density at radius 3 is 2.12 bits per heavy atom. The van der Waals surface area contributed by atoms with Crippen molar-refractivity contribution < 1.29 is 9.59 Å². The van der Waals surface area contributed by atoms with Crippen LogP contribution in [0.5, 0.6) is 0 Å². The first-order valence-corrected chi connectivity index (χ1v) is 9.80. The van der Waals surface area contributed by atoms with Crippen molar-refractivity contribution in [2.24, 2.45) is 0 Å². The molecule has 142 valence electrons. The fraction of sp³-hybridized carbons (Fsp3) is 0.600. The first-order chi connectivity index (χ1) is 12.7. The molecule has 1 aromatic carbocycles. The molecule has 2 fully saturated rings. The second kappa shape index (κ2) is 8.92. The number of nitrogens with zero attached hydrogens (tertiary/aromatic N) is 2. The van der Waals surface area contributed by atoms with Crippen LogP contribution in [0.1, 0.15) is 48.9 Å². The molecule has 1 aromatic rings. The Labute approximate surface area is 155 Å². The molecule has 6 heteroatoms. The molecule has 3 rings (SSSR count). The van der Waals surface area contributed by atoms with E-state index < -0.39 is 0 Å². The first kappa shape index (κ1) is 18.5. The van der Waals surface area contributed by atoms with E-state index in [2.05, 4.69) is 27.7 Å². The van der Waals surface area contributed by atoms with Crippen LogP contribution in [-0.2, 0) is 0 Å². The lowest BCUT2D eigenvalue weighted by atomic mass is 10.0. The molecule has 0 saturated carbocycles. The van der Waals surface area contributed by atoms with E-state index in [1.165, 1.54) is 31.4 Å². The van der Waals surface area contributed by atoms with Gasteiger partial charge < -0.3 is 20.4 Å². The molecule has 0 aliphatic carbocycles. The Balaban J connectivity index is 1.54. The highest BCUT2D eigenvalue weighted by atomic mass is 16.2. The number of piperidine rings is 1. The van der Waals surface area contributed by atoms with E-state index in [0.717, 1.165) is 31.5 Å². The SMILES string of the molecule is CNC(=O)NC1CCN(C(=O)c2ccc(N3CCCCCC3)cc2)CC1. The van der Waals surface area contributed by atoms with Crippen LogP contribution in [0, 0.1) is 0 Å². The molecule has 0 bridgehead atoms. The van der Waals surface area contributed by atoms with Crippen LogP contribution in [0.3, 0.4) is 0 Å². The van der Waals surface area contributed by atoms with E-state index in [1.54, 1.807) is 7.05 Å². The van der Waals surface area contributed by atoms with Gasteiger partial charge in [-0.05, 0) is 49.9 Å². The van der Waals surface area contributed by atoms with E-state index >= 15 is 0 Å². The van der Waals surface area contributed by atoms with Gasteiger partial charge in [0.15, 0.2) is 0 Å². The lowest BCUT2D eigenvalue weighted by molar-refractivity contribution is 0.0708. The van der Waals surface area contributed by atoms with Gasteiger partial charge in [0.05, 0.1) is 0 Å². The maximum atomic E-state index is 12.7. The summed E-state index contributed by atoms with van der Waals surface area (Å²) in [4.78, 5) is 28.5. The van der Waals surface area contributed by atoms with Crippen molar-refractivity contribution >= 4 is 17.6 Å². The Morgan fingerprint density at radius 2 is 1.54 bits per heavy atom. The molecule has 2 saturated heterocycles. The van der Waals surface area contributed by atoms with Crippen LogP contribution in [0.25, 0.3) is 0 Å². The summed E-state index contributed by atoms with van der Waals surface area (Å²) in [6.45, 7) is 3.58. The highest BCUT2D eigenvalue weighted by Gasteiger charge is 2.24. The Morgan fingerprint density at radius 1 is 0.923 bits per heavy atom. The number of amides is 3. The van der Waals surface area contributed by atoms with Crippen LogP contribution in [-0.4, -0.2) is 56.1 Å². The van der Waals surface area contributed by atoms with Gasteiger partial charge >= 0.3 is 6.03 Å². The molecule has 0 atom stereocenters. The monoisotopic (exact) mass is 358 g/mol. The summed E-state index contributed by atoms with van der Waals surface area (Å²) in [6, 6.07) is 8.06. The van der Waals surface area contributed by atoms with Gasteiger partial charge in [-0.2, -0.15) is 0 Å². The molecular formula is C20H30N4O2. The van der Waals surface area contributed by atoms with Gasteiger partial charge in [-0.1, -0.05) is 12.8 Å². The van der Waals surface area contributed by atoms with Crippen LogP contribution >= 0.6 is 0 Å². The standard InChI is InChI=1S/C20H30N4O2/c1-21-20(26)22-17-10-14-24(15-11-17)19(25)16-6-8-18(9-7-16)23-12-4-2-3-5-13-23/h6-9,17H,2-5,10-15H2,1H3,(H2,21,22,26). The summed E-state index contributed by atoms with van der Waals surface area (Å²) in [7, 11) is 1.61. The van der Waals surface area contributed by atoms with Crippen molar-refractivity contribution in [3.63, 3.8) is 0 Å². The van der Waals surface area contributed by atoms with Gasteiger partial charge in [0.25, 0.3) is 5.91 Å². The fourth-order valence-corrected chi connectivity index (χ4v) is 3.81. The van der Waals surface area contributed by atoms with Crippen LogP contribution < -0.4 is 15.5 Å². The van der Waals surface area contributed by atoms with Gasteiger partial charge in [-0.15, -0.1) is 0 Å². The number of nitrogens with one attached hydrogen (secondary N) is 2. The predicted molar refractivity (Wildman–Crippen MR) is 104 cm³/mol. The van der Waals surface area contributed by atoms with Crippen molar-refractivity contribution in [3.05, 3.63) is 29.8 Å². The molecule has 0 radical (unpaired) electrons. The summed E-state index contributed by atoms with van der Waals surface area (Å²) in [5, 5.41) is 5.50. The van der Waals surface area contributed by atoms with Gasteiger partial charge in [0, 0.05) is 50.5 Å². The van der Waals surface area contributed by atoms with E-state index in [1.807, 2.05) is 17.0 Å². The number of hydrogen-bond acceptors (Lipinski definition) is 3. The van der Waals surface area contributed by atoms with Crippen molar-refractivity contribution in [1.29, 1.82) is 0 Å². The van der Waals surface area contributed by atoms with Crippen LogP contribution in [0.4, 0.5) is 10.5 Å². The summed E-state index contributed by atoms with van der Waals surface area (Å²) in [5.74, 6) is 0.0887. The second-order valence-corrected chi connectivity index (χ2v) is 7.24. The van der Waals surface area contributed by atoms with E-state index in [4.69, 9.17) is 0 Å². The zero-order valence-corrected chi connectivity index (χ0v) is 15.7. The van der Waals surface area contributed by atoms with Crippen molar-refractivity contribution in [2.45, 2.75) is 44.6 Å². The highest BCUT2D eigenvalue weighted by molar-refractivity contribution is 5.94. The minimum absolute atomic E-state index is 0.0887. The fourth-order valence-electron chi connectivity index (χ4n) is 3.81. The van der Waals surface area contributed by atoms with Gasteiger partial charge in [-0.3, -0.25) is 4.79 Å². The Bertz CT molecular complexity index is 601. The maximum Gasteiger partial charge on any atom is 0.314 e. The lowest BCUT2D eigenvalue weighted by Gasteiger charge is -2.32. The third-order valence-electron chi connectivity index (χ3n) is 5.43. The molecule has 2 aliphatic heterocycles. The molecule has 2 N–H and O–H groups in total. The lowest BCUT2D eigenvalue weighted by Crippen LogP contribution is -2.48. The summed E-state index contributed by atoms with van der Waals surface area (Å²) in [5.41, 5.74) is 1.97. The average molecular weight is 358 g/mol. The molecule has 0 spiro atoms. The summed E-state index contributed by atoms with van der Waals surface area (Å²) >= 11 is 0. The number of carbonyl (C=O) groups excluding carboxylic acids is 2. The van der Waals surface area contributed by atoms with Gasteiger partial charge in [0.1, 0.15) is 0 Å². The van der Waals surface area contributed by atoms with Crippen molar-refractivity contribution in [3.8, 4) is 0 Å². The number of rotatable bonds is 3. The van der Waals surface area contributed by atoms with Gasteiger partial charge in [0.2, 0.25) is 0 Å². The molecule has 0 aromatic heterocycles. The Kier molecular flexibility index (Phi) is 6.36. The predicted octanol–water partition coefficient (Wildman–Crippen LogP) is 2.60. The third kappa shape index (κ3) is 4.68. The van der Waals surface area contributed by atoms with Crippen LogP contribution in [0.2, 0.25) is 0 Å². The highest BCUT2D eigenvalue weighted by Crippen LogP contribution is 2.21. The third-order valence-corrected chi connectivity index (χ3v) is 5.43. The summed E-state index contributed by atoms with van der Waals surface area (Å²) < 4.78 is 0. The molecule has 2 heterocycles. The largest absolute Gasteiger partial charge is 0.372 e. The normalized spacial score (nSPS) is 19.0. The second-order valence-electron chi connectivity index (χ2n) is 7.24. The van der Waals surface area contributed by atoms with Crippen molar-refractivity contribution in [2.75, 3.05) is 38.1 Å². The van der Waals surface area contributed by atoms with Crippen molar-refractivity contribution in [1.82, 2.24) is 15.5 Å². The average Bonchev–Trinajstić information content (AvgIpc) is 2.97. The van der Waals surface area contributed by atoms with E-state index in [0.29, 0.717) is 13.1 Å². The van der Waals surface area contributed by atoms with Crippen LogP contribution in [0.15, 0.2) is 24.3 Å². The summed E-state index contributed by atoms with van der Waals surface area (Å²) in [6.07, 6.45) is 6.73. The number of urea groups is 1. The molecular weight excluding hydrogens is 328 g/mol. The smallest absolute Gasteiger partial charge is 0.314 e. The van der Waals surface area contributed by atoms with E-state index in [9.17, 15) is 9.59 Å². The zero-order valence-electron chi connectivity index (χ0n) is 15.7. The molecule has 2 aliphatic rings. The maximum absolute atomic E-state index is 12.7. The number of benzene rings is 1. The van der Waals surface area contributed by atoms with E-state index in [-0.39, 0.29) is 18.0 Å².